The van der Waals surface area contributed by atoms with E-state index in [0.29, 0.717) is 13.1 Å². The molecule has 0 aromatic heterocycles. The van der Waals surface area contributed by atoms with Gasteiger partial charge in [-0.2, -0.15) is 0 Å². The topological polar surface area (TPSA) is 62.1 Å². The fourth-order valence-corrected chi connectivity index (χ4v) is 1.15. The van der Waals surface area contributed by atoms with Crippen molar-refractivity contribution in [2.75, 3.05) is 20.2 Å². The minimum Gasteiger partial charge on any atom is -0.465 e. The van der Waals surface area contributed by atoms with E-state index in [2.05, 4.69) is 9.99 Å². The molecule has 5 heteroatoms. The summed E-state index contributed by atoms with van der Waals surface area (Å²) in [6.45, 7) is 0.946. The molecular formula is C8H12N2O3. The van der Waals surface area contributed by atoms with Crippen LogP contribution in [0, 0.1) is 0 Å². The SMILES string of the molecule is CON=CC1=CCCN(C(=O)O)C1. The van der Waals surface area contributed by atoms with E-state index in [9.17, 15) is 4.79 Å². The average Bonchev–Trinajstić information content (AvgIpc) is 2.15. The quantitative estimate of drug-likeness (QED) is 0.513. The summed E-state index contributed by atoms with van der Waals surface area (Å²) in [5.74, 6) is 0. The summed E-state index contributed by atoms with van der Waals surface area (Å²) in [6, 6.07) is 0. The molecule has 0 bridgehead atoms. The van der Waals surface area contributed by atoms with E-state index in [1.54, 1.807) is 0 Å². The Morgan fingerprint density at radius 3 is 3.23 bits per heavy atom. The van der Waals surface area contributed by atoms with E-state index >= 15 is 0 Å². The first-order valence-electron chi connectivity index (χ1n) is 3.97. The Kier molecular flexibility index (Phi) is 3.31. The minimum atomic E-state index is -0.892. The molecular weight excluding hydrogens is 172 g/mol. The summed E-state index contributed by atoms with van der Waals surface area (Å²) in [5, 5.41) is 12.3. The second kappa shape index (κ2) is 4.49. The predicted molar refractivity (Wildman–Crippen MR) is 47.8 cm³/mol. The number of carbonyl (C=O) groups is 1. The molecule has 0 radical (unpaired) electrons. The van der Waals surface area contributed by atoms with Crippen molar-refractivity contribution in [3.8, 4) is 0 Å². The van der Waals surface area contributed by atoms with E-state index in [-0.39, 0.29) is 0 Å². The van der Waals surface area contributed by atoms with Gasteiger partial charge in [0, 0.05) is 6.54 Å². The lowest BCUT2D eigenvalue weighted by molar-refractivity contribution is 0.149. The van der Waals surface area contributed by atoms with Crippen LogP contribution in [0.15, 0.2) is 16.8 Å². The normalized spacial score (nSPS) is 17.3. The van der Waals surface area contributed by atoms with Crippen molar-refractivity contribution in [1.29, 1.82) is 0 Å². The summed E-state index contributed by atoms with van der Waals surface area (Å²) < 4.78 is 0. The molecule has 1 N–H and O–H groups in total. The molecule has 0 atom stereocenters. The third-order valence-corrected chi connectivity index (χ3v) is 1.77. The van der Waals surface area contributed by atoms with Crippen LogP contribution in [0.25, 0.3) is 0 Å². The minimum absolute atomic E-state index is 0.391. The highest BCUT2D eigenvalue weighted by molar-refractivity contribution is 5.80. The van der Waals surface area contributed by atoms with E-state index in [0.717, 1.165) is 12.0 Å². The largest absolute Gasteiger partial charge is 0.465 e. The van der Waals surface area contributed by atoms with Gasteiger partial charge in [-0.25, -0.2) is 4.79 Å². The summed E-state index contributed by atoms with van der Waals surface area (Å²) in [5.41, 5.74) is 0.871. The van der Waals surface area contributed by atoms with Crippen LogP contribution in [0.5, 0.6) is 0 Å². The lowest BCUT2D eigenvalue weighted by Crippen LogP contribution is -2.34. The fourth-order valence-electron chi connectivity index (χ4n) is 1.15. The third-order valence-electron chi connectivity index (χ3n) is 1.77. The van der Waals surface area contributed by atoms with Gasteiger partial charge in [0.2, 0.25) is 0 Å². The molecule has 0 unspecified atom stereocenters. The second-order valence-corrected chi connectivity index (χ2v) is 2.69. The van der Waals surface area contributed by atoms with Crippen molar-refractivity contribution >= 4 is 12.3 Å². The zero-order valence-corrected chi connectivity index (χ0v) is 7.43. The maximum absolute atomic E-state index is 10.6. The Bertz CT molecular complexity index is 248. The van der Waals surface area contributed by atoms with Gasteiger partial charge in [-0.05, 0) is 12.0 Å². The van der Waals surface area contributed by atoms with Crippen LogP contribution in [0.3, 0.4) is 0 Å². The molecule has 0 aliphatic carbocycles. The van der Waals surface area contributed by atoms with Gasteiger partial charge < -0.3 is 14.8 Å². The Morgan fingerprint density at radius 2 is 2.62 bits per heavy atom. The van der Waals surface area contributed by atoms with Gasteiger partial charge in [-0.15, -0.1) is 0 Å². The van der Waals surface area contributed by atoms with Gasteiger partial charge in [0.05, 0.1) is 12.8 Å². The molecule has 0 aromatic carbocycles. The molecule has 72 valence electrons. The van der Waals surface area contributed by atoms with Crippen molar-refractivity contribution in [3.63, 3.8) is 0 Å². The lowest BCUT2D eigenvalue weighted by Gasteiger charge is -2.22. The number of amides is 1. The molecule has 0 aromatic rings. The van der Waals surface area contributed by atoms with Gasteiger partial charge in [-0.3, -0.25) is 0 Å². The van der Waals surface area contributed by atoms with Gasteiger partial charge in [0.15, 0.2) is 0 Å². The standard InChI is InChI=1S/C8H12N2O3/c1-13-9-5-7-3-2-4-10(6-7)8(11)12/h3,5H,2,4,6H2,1H3,(H,11,12). The van der Waals surface area contributed by atoms with E-state index < -0.39 is 6.09 Å². The monoisotopic (exact) mass is 184 g/mol. The first-order chi connectivity index (χ1) is 6.24. The second-order valence-electron chi connectivity index (χ2n) is 2.69. The van der Waals surface area contributed by atoms with Gasteiger partial charge >= 0.3 is 6.09 Å². The Labute approximate surface area is 76.3 Å². The van der Waals surface area contributed by atoms with Crippen LogP contribution in [0.2, 0.25) is 0 Å². The summed E-state index contributed by atoms with van der Waals surface area (Å²) in [6.07, 6.45) is 3.34. The van der Waals surface area contributed by atoms with Crippen LogP contribution >= 0.6 is 0 Å². The molecule has 0 saturated heterocycles. The van der Waals surface area contributed by atoms with Gasteiger partial charge in [0.25, 0.3) is 0 Å². The number of nitrogens with zero attached hydrogens (tertiary/aromatic N) is 2. The first kappa shape index (κ1) is 9.57. The first-order valence-corrected chi connectivity index (χ1v) is 3.97. The number of hydrogen-bond acceptors (Lipinski definition) is 3. The van der Waals surface area contributed by atoms with Gasteiger partial charge in [0.1, 0.15) is 7.11 Å². The maximum Gasteiger partial charge on any atom is 0.407 e. The van der Waals surface area contributed by atoms with Crippen LogP contribution < -0.4 is 0 Å². The van der Waals surface area contributed by atoms with Crippen LogP contribution in [-0.2, 0) is 4.84 Å². The van der Waals surface area contributed by atoms with E-state index in [4.69, 9.17) is 5.11 Å². The van der Waals surface area contributed by atoms with Crippen LogP contribution in [0.4, 0.5) is 4.79 Å². The molecule has 1 amide bonds. The molecule has 1 rings (SSSR count). The average molecular weight is 184 g/mol. The number of hydrogen-bond donors (Lipinski definition) is 1. The van der Waals surface area contributed by atoms with E-state index in [1.165, 1.54) is 18.2 Å². The van der Waals surface area contributed by atoms with Gasteiger partial charge in [-0.1, -0.05) is 11.2 Å². The van der Waals surface area contributed by atoms with Crippen molar-refractivity contribution in [2.45, 2.75) is 6.42 Å². The number of carboxylic acid groups (broad SMARTS) is 1. The predicted octanol–water partition coefficient (Wildman–Crippen LogP) is 0.929. The Balaban J connectivity index is 2.54. The Morgan fingerprint density at radius 1 is 1.85 bits per heavy atom. The zero-order chi connectivity index (χ0) is 9.68. The van der Waals surface area contributed by atoms with Crippen molar-refractivity contribution in [2.24, 2.45) is 5.16 Å². The van der Waals surface area contributed by atoms with E-state index in [1.807, 2.05) is 6.08 Å². The molecule has 0 saturated carbocycles. The van der Waals surface area contributed by atoms with Crippen molar-refractivity contribution < 1.29 is 14.7 Å². The smallest absolute Gasteiger partial charge is 0.407 e. The molecule has 13 heavy (non-hydrogen) atoms. The maximum atomic E-state index is 10.6. The molecule has 0 fully saturated rings. The highest BCUT2D eigenvalue weighted by atomic mass is 16.6. The summed E-state index contributed by atoms with van der Waals surface area (Å²) in [7, 11) is 1.45. The van der Waals surface area contributed by atoms with Crippen molar-refractivity contribution in [3.05, 3.63) is 11.6 Å². The third kappa shape index (κ3) is 2.77. The molecule has 0 spiro atoms. The van der Waals surface area contributed by atoms with Crippen molar-refractivity contribution in [1.82, 2.24) is 4.90 Å². The number of oxime groups is 1. The highest BCUT2D eigenvalue weighted by Crippen LogP contribution is 2.07. The fraction of sp³-hybridized carbons (Fsp3) is 0.500. The molecule has 1 aliphatic rings. The molecule has 5 nitrogen and oxygen atoms in total. The van der Waals surface area contributed by atoms with Crippen LogP contribution in [-0.4, -0.2) is 42.5 Å². The summed E-state index contributed by atoms with van der Waals surface area (Å²) >= 11 is 0. The molecule has 1 heterocycles. The van der Waals surface area contributed by atoms with Crippen LogP contribution in [0.1, 0.15) is 6.42 Å². The summed E-state index contributed by atoms with van der Waals surface area (Å²) in [4.78, 5) is 16.4. The Hall–Kier alpha value is -1.52. The lowest BCUT2D eigenvalue weighted by atomic mass is 10.1. The number of rotatable bonds is 2. The highest BCUT2D eigenvalue weighted by Gasteiger charge is 2.15. The zero-order valence-electron chi connectivity index (χ0n) is 7.43. The molecule has 1 aliphatic heterocycles.